The van der Waals surface area contributed by atoms with Crippen LogP contribution in [0.2, 0.25) is 0 Å². The van der Waals surface area contributed by atoms with Gasteiger partial charge in [-0.05, 0) is 25.7 Å². The Kier molecular flexibility index (Phi) is 19.0. The van der Waals surface area contributed by atoms with Crippen LogP contribution < -0.4 is 0 Å². The smallest absolute Gasteiger partial charge is 0.0169 e. The molecule has 0 aromatic heterocycles. The zero-order valence-corrected chi connectivity index (χ0v) is 14.9. The predicted molar refractivity (Wildman–Crippen MR) is 98.9 cm³/mol. The molecule has 0 aromatic carbocycles. The Hall–Kier alpha value is -0.520. The molecule has 0 aromatic rings. The highest BCUT2D eigenvalue weighted by molar-refractivity contribution is 4.92. The Labute approximate surface area is 135 Å². The first kappa shape index (κ1) is 20.5. The van der Waals surface area contributed by atoms with Gasteiger partial charge in [0.2, 0.25) is 0 Å². The van der Waals surface area contributed by atoms with Gasteiger partial charge in [-0.15, -0.1) is 0 Å². The molecule has 0 heteroatoms. The molecule has 0 nitrogen and oxygen atoms in total. The van der Waals surface area contributed by atoms with Crippen molar-refractivity contribution >= 4 is 0 Å². The molecule has 0 aliphatic heterocycles. The Balaban J connectivity index is 3.04. The molecule has 0 heterocycles. The Morgan fingerprint density at radius 3 is 1.48 bits per heavy atom. The Morgan fingerprint density at radius 2 is 0.952 bits per heavy atom. The summed E-state index contributed by atoms with van der Waals surface area (Å²) in [5.74, 6) is 0. The van der Waals surface area contributed by atoms with Crippen LogP contribution in [0.5, 0.6) is 0 Å². The second-order valence-electron chi connectivity index (χ2n) is 6.26. The summed E-state index contributed by atoms with van der Waals surface area (Å²) in [5.41, 5.74) is 0. The highest BCUT2D eigenvalue weighted by Gasteiger charge is 1.92. The molecule has 0 radical (unpaired) electrons. The van der Waals surface area contributed by atoms with E-state index in [1.165, 1.54) is 83.5 Å². The number of rotatable bonds is 16. The topological polar surface area (TPSA) is 0 Å². The maximum absolute atomic E-state index is 2.36. The summed E-state index contributed by atoms with van der Waals surface area (Å²) in [6, 6.07) is 0. The van der Waals surface area contributed by atoms with Crippen molar-refractivity contribution in [1.29, 1.82) is 0 Å². The molecule has 0 rings (SSSR count). The molecule has 0 saturated heterocycles. The van der Waals surface area contributed by atoms with E-state index in [4.69, 9.17) is 0 Å². The highest BCUT2D eigenvalue weighted by atomic mass is 14.0. The van der Waals surface area contributed by atoms with E-state index in [0.29, 0.717) is 0 Å². The largest absolute Gasteiger partial charge is 0.0885 e. The standard InChI is InChI=1S/C21H40/c1-3-5-7-9-11-13-15-17-19-21-20-18-16-14-12-10-8-6-4-2/h5,7,11,13H,3-4,6,8-10,12,14-21H2,1-2H3. The second kappa shape index (κ2) is 19.5. The molecule has 0 aliphatic carbocycles. The molecule has 0 bridgehead atoms. The molecule has 0 spiro atoms. The van der Waals surface area contributed by atoms with Gasteiger partial charge in [-0.1, -0.05) is 109 Å². The first-order chi connectivity index (χ1) is 10.4. The molecule has 21 heavy (non-hydrogen) atoms. The van der Waals surface area contributed by atoms with Crippen molar-refractivity contribution in [1.82, 2.24) is 0 Å². The third-order valence-electron chi connectivity index (χ3n) is 4.07. The lowest BCUT2D eigenvalue weighted by Gasteiger charge is -2.02. The fraction of sp³-hybridized carbons (Fsp3) is 0.810. The summed E-state index contributed by atoms with van der Waals surface area (Å²) in [4.78, 5) is 0. The van der Waals surface area contributed by atoms with Gasteiger partial charge in [0.05, 0.1) is 0 Å². The number of hydrogen-bond acceptors (Lipinski definition) is 0. The van der Waals surface area contributed by atoms with Gasteiger partial charge in [-0.3, -0.25) is 0 Å². The summed E-state index contributed by atoms with van der Waals surface area (Å²) in [6.45, 7) is 4.48. The second-order valence-corrected chi connectivity index (χ2v) is 6.26. The van der Waals surface area contributed by atoms with Crippen LogP contribution in [0.4, 0.5) is 0 Å². The van der Waals surface area contributed by atoms with Crippen molar-refractivity contribution in [3.8, 4) is 0 Å². The molecule has 0 unspecified atom stereocenters. The van der Waals surface area contributed by atoms with Gasteiger partial charge in [-0.2, -0.15) is 0 Å². The fourth-order valence-corrected chi connectivity index (χ4v) is 2.66. The van der Waals surface area contributed by atoms with Crippen molar-refractivity contribution in [2.75, 3.05) is 0 Å². The first-order valence-electron chi connectivity index (χ1n) is 9.71. The molecule has 124 valence electrons. The van der Waals surface area contributed by atoms with Crippen LogP contribution in [-0.2, 0) is 0 Å². The Morgan fingerprint density at radius 1 is 0.476 bits per heavy atom. The SMILES string of the molecule is CCC=CCC=CCCCCCCCCCCCCCC. The maximum atomic E-state index is 2.36. The predicted octanol–water partition coefficient (Wildman–Crippen LogP) is 7.99. The lowest BCUT2D eigenvalue weighted by molar-refractivity contribution is 0.545. The van der Waals surface area contributed by atoms with Crippen molar-refractivity contribution in [3.05, 3.63) is 24.3 Å². The van der Waals surface area contributed by atoms with Crippen LogP contribution in [0.3, 0.4) is 0 Å². The number of hydrogen-bond donors (Lipinski definition) is 0. The van der Waals surface area contributed by atoms with Crippen molar-refractivity contribution in [2.45, 2.75) is 110 Å². The molecule has 0 N–H and O–H groups in total. The molecule has 0 atom stereocenters. The van der Waals surface area contributed by atoms with Gasteiger partial charge in [0.1, 0.15) is 0 Å². The monoisotopic (exact) mass is 292 g/mol. The van der Waals surface area contributed by atoms with E-state index in [2.05, 4.69) is 38.2 Å². The van der Waals surface area contributed by atoms with Gasteiger partial charge in [0.25, 0.3) is 0 Å². The third-order valence-corrected chi connectivity index (χ3v) is 4.07. The molecular weight excluding hydrogens is 252 g/mol. The zero-order valence-electron chi connectivity index (χ0n) is 14.9. The minimum atomic E-state index is 1.12. The van der Waals surface area contributed by atoms with Crippen LogP contribution in [0.25, 0.3) is 0 Å². The summed E-state index contributed by atoms with van der Waals surface area (Å²) >= 11 is 0. The van der Waals surface area contributed by atoms with E-state index in [9.17, 15) is 0 Å². The van der Waals surface area contributed by atoms with Gasteiger partial charge in [0.15, 0.2) is 0 Å². The minimum absolute atomic E-state index is 1.12. The van der Waals surface area contributed by atoms with Crippen molar-refractivity contribution in [3.63, 3.8) is 0 Å². The molecule has 0 fully saturated rings. The quantitative estimate of drug-likeness (QED) is 0.200. The van der Waals surface area contributed by atoms with Crippen LogP contribution in [0.15, 0.2) is 24.3 Å². The van der Waals surface area contributed by atoms with Crippen molar-refractivity contribution < 1.29 is 0 Å². The molecule has 0 amide bonds. The van der Waals surface area contributed by atoms with Gasteiger partial charge in [0, 0.05) is 0 Å². The molecule has 0 aliphatic rings. The minimum Gasteiger partial charge on any atom is -0.0885 e. The van der Waals surface area contributed by atoms with E-state index in [1.807, 2.05) is 0 Å². The van der Waals surface area contributed by atoms with E-state index in [1.54, 1.807) is 0 Å². The first-order valence-corrected chi connectivity index (χ1v) is 9.71. The van der Waals surface area contributed by atoms with Crippen LogP contribution in [0, 0.1) is 0 Å². The average molecular weight is 293 g/mol. The molecule has 0 saturated carbocycles. The number of unbranched alkanes of at least 4 members (excludes halogenated alkanes) is 12. The lowest BCUT2D eigenvalue weighted by atomic mass is 10.0. The van der Waals surface area contributed by atoms with Crippen LogP contribution in [0.1, 0.15) is 110 Å². The molecular formula is C21H40. The van der Waals surface area contributed by atoms with E-state index in [0.717, 1.165) is 12.8 Å². The highest BCUT2D eigenvalue weighted by Crippen LogP contribution is 2.12. The summed E-state index contributed by atoms with van der Waals surface area (Å²) in [6.07, 6.45) is 30.0. The van der Waals surface area contributed by atoms with Gasteiger partial charge >= 0.3 is 0 Å². The fourth-order valence-electron chi connectivity index (χ4n) is 2.66. The maximum Gasteiger partial charge on any atom is -0.0169 e. The Bertz CT molecular complexity index is 224. The summed E-state index contributed by atoms with van der Waals surface area (Å²) in [7, 11) is 0. The van der Waals surface area contributed by atoms with Gasteiger partial charge < -0.3 is 0 Å². The summed E-state index contributed by atoms with van der Waals surface area (Å²) < 4.78 is 0. The van der Waals surface area contributed by atoms with Gasteiger partial charge in [-0.25, -0.2) is 0 Å². The summed E-state index contributed by atoms with van der Waals surface area (Å²) in [5, 5.41) is 0. The van der Waals surface area contributed by atoms with Crippen LogP contribution in [-0.4, -0.2) is 0 Å². The number of allylic oxidation sites excluding steroid dienone is 4. The zero-order chi connectivity index (χ0) is 15.4. The van der Waals surface area contributed by atoms with Crippen LogP contribution >= 0.6 is 0 Å². The normalized spacial score (nSPS) is 11.9. The lowest BCUT2D eigenvalue weighted by Crippen LogP contribution is -1.82. The van der Waals surface area contributed by atoms with E-state index < -0.39 is 0 Å². The van der Waals surface area contributed by atoms with E-state index >= 15 is 0 Å². The third kappa shape index (κ3) is 19.5. The van der Waals surface area contributed by atoms with Crippen molar-refractivity contribution in [2.24, 2.45) is 0 Å². The van der Waals surface area contributed by atoms with E-state index in [-0.39, 0.29) is 0 Å². The average Bonchev–Trinajstić information content (AvgIpc) is 2.50.